The minimum Gasteiger partial charge on any atom is -0.481 e. The van der Waals surface area contributed by atoms with E-state index in [4.69, 9.17) is 10.8 Å². The molecule has 3 nitrogen and oxygen atoms in total. The van der Waals surface area contributed by atoms with E-state index in [9.17, 15) is 13.6 Å². The third-order valence-corrected chi connectivity index (χ3v) is 2.36. The molecule has 88 valence electrons. The molecule has 0 heterocycles. The van der Waals surface area contributed by atoms with Crippen LogP contribution in [0.1, 0.15) is 35.6 Å². The van der Waals surface area contributed by atoms with E-state index in [0.717, 1.165) is 0 Å². The molecule has 0 aromatic heterocycles. The molecule has 0 saturated carbocycles. The largest absolute Gasteiger partial charge is 0.481 e. The van der Waals surface area contributed by atoms with Crippen LogP contribution < -0.4 is 5.73 Å². The number of carboxylic acids is 1. The first-order valence-corrected chi connectivity index (χ1v) is 4.77. The van der Waals surface area contributed by atoms with Crippen molar-refractivity contribution >= 4 is 5.97 Å². The molecule has 1 unspecified atom stereocenters. The topological polar surface area (TPSA) is 63.3 Å². The van der Waals surface area contributed by atoms with Crippen molar-refractivity contribution in [3.8, 4) is 0 Å². The molecule has 16 heavy (non-hydrogen) atoms. The number of benzene rings is 1. The van der Waals surface area contributed by atoms with Crippen molar-refractivity contribution in [2.45, 2.75) is 25.8 Å². The van der Waals surface area contributed by atoms with Crippen molar-refractivity contribution in [1.82, 2.24) is 0 Å². The highest BCUT2D eigenvalue weighted by Gasteiger charge is 2.15. The van der Waals surface area contributed by atoms with E-state index in [-0.39, 0.29) is 12.0 Å². The molecule has 1 rings (SSSR count). The Kier molecular flexibility index (Phi) is 3.95. The SMILES string of the molecule is Cc1ccc(C(N)CC(=O)O)cc1C(F)F. The van der Waals surface area contributed by atoms with E-state index < -0.39 is 18.4 Å². The van der Waals surface area contributed by atoms with Crippen molar-refractivity contribution in [3.63, 3.8) is 0 Å². The first kappa shape index (κ1) is 12.6. The lowest BCUT2D eigenvalue weighted by molar-refractivity contribution is -0.137. The third kappa shape index (κ3) is 3.00. The predicted molar refractivity (Wildman–Crippen MR) is 55.3 cm³/mol. The quantitative estimate of drug-likeness (QED) is 0.833. The number of aryl methyl sites for hydroxylation is 1. The normalized spacial score (nSPS) is 12.8. The van der Waals surface area contributed by atoms with E-state index >= 15 is 0 Å². The molecule has 1 aromatic carbocycles. The van der Waals surface area contributed by atoms with Gasteiger partial charge in [0.05, 0.1) is 6.42 Å². The van der Waals surface area contributed by atoms with Gasteiger partial charge in [0.25, 0.3) is 6.43 Å². The van der Waals surface area contributed by atoms with Crippen LogP contribution in [0.2, 0.25) is 0 Å². The molecule has 0 amide bonds. The first-order chi connectivity index (χ1) is 7.41. The Morgan fingerprint density at radius 1 is 1.50 bits per heavy atom. The molecule has 0 aliphatic rings. The maximum Gasteiger partial charge on any atom is 0.305 e. The number of carbonyl (C=O) groups is 1. The van der Waals surface area contributed by atoms with E-state index in [0.29, 0.717) is 11.1 Å². The maximum atomic E-state index is 12.6. The zero-order valence-corrected chi connectivity index (χ0v) is 8.78. The molecule has 0 aliphatic carbocycles. The number of alkyl halides is 2. The maximum absolute atomic E-state index is 12.6. The van der Waals surface area contributed by atoms with Crippen LogP contribution in [-0.2, 0) is 4.79 Å². The predicted octanol–water partition coefficient (Wildman–Crippen LogP) is 2.41. The van der Waals surface area contributed by atoms with Crippen LogP contribution >= 0.6 is 0 Å². The highest BCUT2D eigenvalue weighted by Crippen LogP contribution is 2.26. The smallest absolute Gasteiger partial charge is 0.305 e. The molecule has 0 saturated heterocycles. The highest BCUT2D eigenvalue weighted by atomic mass is 19.3. The Bertz CT molecular complexity index is 394. The fraction of sp³-hybridized carbons (Fsp3) is 0.364. The van der Waals surface area contributed by atoms with E-state index in [1.165, 1.54) is 12.1 Å². The Labute approximate surface area is 91.9 Å². The summed E-state index contributed by atoms with van der Waals surface area (Å²) in [4.78, 5) is 10.4. The van der Waals surface area contributed by atoms with Crippen LogP contribution in [0.4, 0.5) is 8.78 Å². The Hall–Kier alpha value is -1.49. The summed E-state index contributed by atoms with van der Waals surface area (Å²) >= 11 is 0. The van der Waals surface area contributed by atoms with E-state index in [2.05, 4.69) is 0 Å². The summed E-state index contributed by atoms with van der Waals surface area (Å²) in [5, 5.41) is 8.55. The van der Waals surface area contributed by atoms with Gasteiger partial charge in [-0.05, 0) is 24.1 Å². The van der Waals surface area contributed by atoms with Gasteiger partial charge in [-0.2, -0.15) is 0 Å². The van der Waals surface area contributed by atoms with E-state index in [1.807, 2.05) is 0 Å². The van der Waals surface area contributed by atoms with Crippen molar-refractivity contribution in [2.75, 3.05) is 0 Å². The Balaban J connectivity index is 2.98. The number of hydrogen-bond donors (Lipinski definition) is 2. The molecule has 0 aliphatic heterocycles. The van der Waals surface area contributed by atoms with Crippen LogP contribution in [0.3, 0.4) is 0 Å². The summed E-state index contributed by atoms with van der Waals surface area (Å²) in [6.45, 7) is 1.58. The van der Waals surface area contributed by atoms with Crippen LogP contribution in [0.5, 0.6) is 0 Å². The van der Waals surface area contributed by atoms with Crippen molar-refractivity contribution < 1.29 is 18.7 Å². The van der Waals surface area contributed by atoms with Gasteiger partial charge in [0.15, 0.2) is 0 Å². The monoisotopic (exact) mass is 229 g/mol. The number of halogens is 2. The Morgan fingerprint density at radius 3 is 2.62 bits per heavy atom. The lowest BCUT2D eigenvalue weighted by Crippen LogP contribution is -2.15. The van der Waals surface area contributed by atoms with Crippen molar-refractivity contribution in [3.05, 3.63) is 34.9 Å². The zero-order valence-electron chi connectivity index (χ0n) is 8.78. The zero-order chi connectivity index (χ0) is 12.3. The average molecular weight is 229 g/mol. The second-order valence-electron chi connectivity index (χ2n) is 3.62. The molecule has 5 heteroatoms. The van der Waals surface area contributed by atoms with Gasteiger partial charge in [-0.15, -0.1) is 0 Å². The lowest BCUT2D eigenvalue weighted by atomic mass is 9.99. The molecule has 1 aromatic rings. The van der Waals surface area contributed by atoms with Gasteiger partial charge in [0.1, 0.15) is 0 Å². The van der Waals surface area contributed by atoms with Gasteiger partial charge in [-0.3, -0.25) is 4.79 Å². The first-order valence-electron chi connectivity index (χ1n) is 4.77. The molecule has 0 spiro atoms. The van der Waals surface area contributed by atoms with Gasteiger partial charge in [-0.1, -0.05) is 12.1 Å². The summed E-state index contributed by atoms with van der Waals surface area (Å²) in [5.74, 6) is -1.05. The van der Waals surface area contributed by atoms with Crippen LogP contribution in [0.25, 0.3) is 0 Å². The minimum absolute atomic E-state index is 0.0988. The highest BCUT2D eigenvalue weighted by molar-refractivity contribution is 5.67. The number of rotatable bonds is 4. The van der Waals surface area contributed by atoms with Crippen molar-refractivity contribution in [2.24, 2.45) is 5.73 Å². The van der Waals surface area contributed by atoms with Crippen molar-refractivity contribution in [1.29, 1.82) is 0 Å². The standard InChI is InChI=1S/C11H13F2NO2/c1-6-2-3-7(4-8(6)11(12)13)9(14)5-10(15)16/h2-4,9,11H,5,14H2,1H3,(H,15,16). The fourth-order valence-corrected chi connectivity index (χ4v) is 1.43. The molecule has 0 bridgehead atoms. The number of nitrogens with two attached hydrogens (primary N) is 1. The summed E-state index contributed by atoms with van der Waals surface area (Å²) in [6.07, 6.45) is -2.84. The number of carboxylic acid groups (broad SMARTS) is 1. The van der Waals surface area contributed by atoms with Crippen LogP contribution in [-0.4, -0.2) is 11.1 Å². The lowest BCUT2D eigenvalue weighted by Gasteiger charge is -2.12. The molecule has 3 N–H and O–H groups in total. The minimum atomic E-state index is -2.57. The van der Waals surface area contributed by atoms with Gasteiger partial charge in [0.2, 0.25) is 0 Å². The summed E-state index contributed by atoms with van der Waals surface area (Å²) in [5.41, 5.74) is 6.38. The molecular formula is C11H13F2NO2. The third-order valence-electron chi connectivity index (χ3n) is 2.36. The van der Waals surface area contributed by atoms with Gasteiger partial charge in [-0.25, -0.2) is 8.78 Å². The Morgan fingerprint density at radius 2 is 2.12 bits per heavy atom. The second kappa shape index (κ2) is 5.03. The summed E-state index contributed by atoms with van der Waals surface area (Å²) in [7, 11) is 0. The van der Waals surface area contributed by atoms with Crippen LogP contribution in [0, 0.1) is 6.92 Å². The average Bonchev–Trinajstić information content (AvgIpc) is 2.16. The van der Waals surface area contributed by atoms with E-state index in [1.54, 1.807) is 13.0 Å². The molecule has 0 radical (unpaired) electrons. The van der Waals surface area contributed by atoms with Gasteiger partial charge in [0, 0.05) is 11.6 Å². The summed E-state index contributed by atoms with van der Waals surface area (Å²) in [6, 6.07) is 3.62. The van der Waals surface area contributed by atoms with Gasteiger partial charge >= 0.3 is 5.97 Å². The van der Waals surface area contributed by atoms with Gasteiger partial charge < -0.3 is 10.8 Å². The molecule has 1 atom stereocenters. The second-order valence-corrected chi connectivity index (χ2v) is 3.62. The summed E-state index contributed by atoms with van der Waals surface area (Å²) < 4.78 is 25.2. The number of hydrogen-bond acceptors (Lipinski definition) is 2. The number of aliphatic carboxylic acids is 1. The van der Waals surface area contributed by atoms with Crippen LogP contribution in [0.15, 0.2) is 18.2 Å². The molecular weight excluding hydrogens is 216 g/mol. The molecule has 0 fully saturated rings. The fourth-order valence-electron chi connectivity index (χ4n) is 1.43.